The molecule has 1 nitrogen and oxygen atoms in total. The van der Waals surface area contributed by atoms with Gasteiger partial charge in [0.05, 0.1) is 5.02 Å². The van der Waals surface area contributed by atoms with E-state index in [4.69, 9.17) is 11.6 Å². The molecule has 0 spiro atoms. The van der Waals surface area contributed by atoms with E-state index in [1.54, 1.807) is 12.1 Å². The zero-order valence-electron chi connectivity index (χ0n) is 6.89. The molecule has 0 aliphatic carbocycles. The van der Waals surface area contributed by atoms with Crippen LogP contribution < -0.4 is 5.32 Å². The van der Waals surface area contributed by atoms with Crippen LogP contribution in [0.2, 0.25) is 5.02 Å². The van der Waals surface area contributed by atoms with Crippen molar-refractivity contribution < 1.29 is 4.39 Å². The topological polar surface area (TPSA) is 12.0 Å². The number of nitrogens with one attached hydrogen (secondary N) is 1. The predicted molar refractivity (Wildman–Crippen MR) is 54.0 cm³/mol. The number of halogens is 3. The molecule has 1 aromatic carbocycles. The molecule has 1 saturated heterocycles. The molecular formula is C9H10Cl2FN. The molecule has 1 atom stereocenters. The molecule has 13 heavy (non-hydrogen) atoms. The van der Waals surface area contributed by atoms with Crippen molar-refractivity contribution in [1.82, 2.24) is 5.32 Å². The smallest absolute Gasteiger partial charge is 0.141 e. The first-order valence-corrected chi connectivity index (χ1v) is 4.33. The molecular weight excluding hydrogens is 212 g/mol. The highest BCUT2D eigenvalue weighted by molar-refractivity contribution is 6.30. The van der Waals surface area contributed by atoms with Crippen LogP contribution in [0.3, 0.4) is 0 Å². The lowest BCUT2D eigenvalue weighted by Gasteiger charge is -2.28. The van der Waals surface area contributed by atoms with Crippen molar-refractivity contribution in [3.05, 3.63) is 34.6 Å². The second-order valence-corrected chi connectivity index (χ2v) is 3.38. The SMILES string of the molecule is Cl.Fc1ccc([C@H]2CCN2)cc1Cl. The third kappa shape index (κ3) is 2.13. The van der Waals surface area contributed by atoms with Crippen molar-refractivity contribution in [1.29, 1.82) is 0 Å². The zero-order chi connectivity index (χ0) is 8.55. The van der Waals surface area contributed by atoms with Gasteiger partial charge in [0, 0.05) is 6.04 Å². The van der Waals surface area contributed by atoms with Crippen LogP contribution in [-0.4, -0.2) is 6.54 Å². The number of hydrogen-bond acceptors (Lipinski definition) is 1. The van der Waals surface area contributed by atoms with E-state index in [1.807, 2.05) is 0 Å². The van der Waals surface area contributed by atoms with Crippen molar-refractivity contribution in [2.45, 2.75) is 12.5 Å². The van der Waals surface area contributed by atoms with Crippen molar-refractivity contribution >= 4 is 24.0 Å². The molecule has 1 fully saturated rings. The van der Waals surface area contributed by atoms with Gasteiger partial charge in [0.25, 0.3) is 0 Å². The average molecular weight is 222 g/mol. The molecule has 1 N–H and O–H groups in total. The number of hydrogen-bond donors (Lipinski definition) is 1. The molecule has 0 amide bonds. The summed E-state index contributed by atoms with van der Waals surface area (Å²) in [5.74, 6) is -0.347. The lowest BCUT2D eigenvalue weighted by Crippen LogP contribution is -2.34. The van der Waals surface area contributed by atoms with Crippen LogP contribution in [0.5, 0.6) is 0 Å². The normalized spacial score (nSPS) is 20.3. The fourth-order valence-electron chi connectivity index (χ4n) is 1.30. The average Bonchev–Trinajstić information content (AvgIpc) is 1.93. The van der Waals surface area contributed by atoms with Crippen LogP contribution in [0.4, 0.5) is 4.39 Å². The summed E-state index contributed by atoms with van der Waals surface area (Å²) >= 11 is 5.64. The lowest BCUT2D eigenvalue weighted by atomic mass is 9.98. The summed E-state index contributed by atoms with van der Waals surface area (Å²) in [5.41, 5.74) is 1.08. The van der Waals surface area contributed by atoms with Gasteiger partial charge in [0.2, 0.25) is 0 Å². The van der Waals surface area contributed by atoms with E-state index >= 15 is 0 Å². The summed E-state index contributed by atoms with van der Waals surface area (Å²) in [5, 5.41) is 3.44. The molecule has 0 aromatic heterocycles. The van der Waals surface area contributed by atoms with Gasteiger partial charge in [-0.3, -0.25) is 0 Å². The summed E-state index contributed by atoms with van der Waals surface area (Å²) < 4.78 is 12.7. The molecule has 1 aliphatic rings. The van der Waals surface area contributed by atoms with Crippen molar-refractivity contribution in [2.75, 3.05) is 6.54 Å². The highest BCUT2D eigenvalue weighted by Gasteiger charge is 2.18. The van der Waals surface area contributed by atoms with Gasteiger partial charge in [0.15, 0.2) is 0 Å². The van der Waals surface area contributed by atoms with Gasteiger partial charge in [0.1, 0.15) is 5.82 Å². The van der Waals surface area contributed by atoms with Crippen LogP contribution >= 0.6 is 24.0 Å². The molecule has 2 rings (SSSR count). The third-order valence-corrected chi connectivity index (χ3v) is 2.46. The molecule has 4 heteroatoms. The standard InChI is InChI=1S/C9H9ClFN.ClH/c10-7-5-6(1-2-8(7)11)9-3-4-12-9;/h1-2,5,9,12H,3-4H2;1H/t9-;/m1./s1. The van der Waals surface area contributed by atoms with Gasteiger partial charge >= 0.3 is 0 Å². The molecule has 0 unspecified atom stereocenters. The fraction of sp³-hybridized carbons (Fsp3) is 0.333. The lowest BCUT2D eigenvalue weighted by molar-refractivity contribution is 0.383. The van der Waals surface area contributed by atoms with E-state index in [2.05, 4.69) is 5.32 Å². The predicted octanol–water partition coefficient (Wildman–Crippen LogP) is 2.94. The zero-order valence-corrected chi connectivity index (χ0v) is 8.46. The van der Waals surface area contributed by atoms with Crippen molar-refractivity contribution in [3.8, 4) is 0 Å². The molecule has 0 bridgehead atoms. The first kappa shape index (κ1) is 10.8. The largest absolute Gasteiger partial charge is 0.310 e. The van der Waals surface area contributed by atoms with Gasteiger partial charge in [-0.2, -0.15) is 0 Å². The Morgan fingerprint density at radius 2 is 2.15 bits per heavy atom. The van der Waals surface area contributed by atoms with Crippen molar-refractivity contribution in [2.24, 2.45) is 0 Å². The quantitative estimate of drug-likeness (QED) is 0.770. The Bertz CT molecular complexity index is 300. The van der Waals surface area contributed by atoms with Crippen molar-refractivity contribution in [3.63, 3.8) is 0 Å². The second-order valence-electron chi connectivity index (χ2n) is 2.97. The minimum atomic E-state index is -0.347. The monoisotopic (exact) mass is 221 g/mol. The Hall–Kier alpha value is -0.310. The number of rotatable bonds is 1. The Morgan fingerprint density at radius 3 is 2.62 bits per heavy atom. The highest BCUT2D eigenvalue weighted by Crippen LogP contribution is 2.26. The number of benzene rings is 1. The van der Waals surface area contributed by atoms with Crippen LogP contribution in [0, 0.1) is 5.82 Å². The van der Waals surface area contributed by atoms with Crippen LogP contribution in [-0.2, 0) is 0 Å². The van der Waals surface area contributed by atoms with Crippen LogP contribution in [0.25, 0.3) is 0 Å². The molecule has 1 aliphatic heterocycles. The Kier molecular flexibility index (Phi) is 3.54. The summed E-state index contributed by atoms with van der Waals surface area (Å²) in [7, 11) is 0. The summed E-state index contributed by atoms with van der Waals surface area (Å²) in [6.45, 7) is 1.04. The van der Waals surface area contributed by atoms with E-state index in [9.17, 15) is 4.39 Å². The maximum atomic E-state index is 12.7. The van der Waals surface area contributed by atoms with Gasteiger partial charge in [-0.15, -0.1) is 12.4 Å². The molecule has 0 radical (unpaired) electrons. The van der Waals surface area contributed by atoms with Crippen LogP contribution in [0.15, 0.2) is 18.2 Å². The second kappa shape index (κ2) is 4.27. The first-order valence-electron chi connectivity index (χ1n) is 3.96. The third-order valence-electron chi connectivity index (χ3n) is 2.17. The Labute approximate surface area is 87.7 Å². The summed E-state index contributed by atoms with van der Waals surface area (Å²) in [6, 6.07) is 5.26. The molecule has 0 saturated carbocycles. The maximum Gasteiger partial charge on any atom is 0.141 e. The van der Waals surface area contributed by atoms with Gasteiger partial charge in [-0.25, -0.2) is 4.39 Å². The first-order chi connectivity index (χ1) is 5.77. The van der Waals surface area contributed by atoms with Gasteiger partial charge in [-0.1, -0.05) is 17.7 Å². The van der Waals surface area contributed by atoms with Gasteiger partial charge < -0.3 is 5.32 Å². The molecule has 1 heterocycles. The molecule has 1 aromatic rings. The summed E-state index contributed by atoms with van der Waals surface area (Å²) in [6.07, 6.45) is 1.11. The van der Waals surface area contributed by atoms with E-state index in [-0.39, 0.29) is 23.2 Å². The maximum absolute atomic E-state index is 12.7. The van der Waals surface area contributed by atoms with E-state index in [0.29, 0.717) is 6.04 Å². The minimum absolute atomic E-state index is 0. The highest BCUT2D eigenvalue weighted by atomic mass is 35.5. The van der Waals surface area contributed by atoms with E-state index in [1.165, 1.54) is 6.07 Å². The molecule has 72 valence electrons. The minimum Gasteiger partial charge on any atom is -0.310 e. The van der Waals surface area contributed by atoms with E-state index in [0.717, 1.165) is 18.5 Å². The fourth-order valence-corrected chi connectivity index (χ4v) is 1.49. The van der Waals surface area contributed by atoms with Crippen LogP contribution in [0.1, 0.15) is 18.0 Å². The summed E-state index contributed by atoms with van der Waals surface area (Å²) in [4.78, 5) is 0. The Morgan fingerprint density at radius 1 is 1.46 bits per heavy atom. The Balaban J connectivity index is 0.000000845. The van der Waals surface area contributed by atoms with Gasteiger partial charge in [-0.05, 0) is 30.7 Å². The van der Waals surface area contributed by atoms with E-state index < -0.39 is 0 Å².